The van der Waals surface area contributed by atoms with E-state index in [1.807, 2.05) is 43.3 Å². The second-order valence-corrected chi connectivity index (χ2v) is 5.47. The van der Waals surface area contributed by atoms with Gasteiger partial charge in [0.25, 0.3) is 0 Å². The molecular formula is C14H20N2O3S. The molecule has 1 aromatic rings. The van der Waals surface area contributed by atoms with Gasteiger partial charge in [-0.25, -0.2) is 0 Å². The number of rotatable bonds is 7. The molecule has 5 nitrogen and oxygen atoms in total. The van der Waals surface area contributed by atoms with E-state index in [2.05, 4.69) is 10.1 Å². The molecule has 0 aliphatic carbocycles. The van der Waals surface area contributed by atoms with Crippen molar-refractivity contribution >= 4 is 35.0 Å². The zero-order chi connectivity index (χ0) is 15.0. The molecule has 110 valence electrons. The summed E-state index contributed by atoms with van der Waals surface area (Å²) in [5, 5.41) is 2.82. The van der Waals surface area contributed by atoms with E-state index in [1.165, 1.54) is 18.9 Å². The van der Waals surface area contributed by atoms with Crippen LogP contribution in [-0.4, -0.2) is 44.6 Å². The summed E-state index contributed by atoms with van der Waals surface area (Å²) in [6.45, 7) is 0. The van der Waals surface area contributed by atoms with Crippen molar-refractivity contribution in [2.75, 3.05) is 42.9 Å². The summed E-state index contributed by atoms with van der Waals surface area (Å²) < 4.78 is 4.53. The third kappa shape index (κ3) is 5.97. The first-order valence-electron chi connectivity index (χ1n) is 6.24. The number of thioether (sulfide) groups is 1. The highest BCUT2D eigenvalue weighted by Gasteiger charge is 2.05. The Morgan fingerprint density at radius 2 is 1.90 bits per heavy atom. The van der Waals surface area contributed by atoms with Crippen molar-refractivity contribution in [1.82, 2.24) is 0 Å². The minimum absolute atomic E-state index is 0.0718. The Bertz CT molecular complexity index is 446. The monoisotopic (exact) mass is 296 g/mol. The highest BCUT2D eigenvalue weighted by atomic mass is 32.2. The number of benzene rings is 1. The average molecular weight is 296 g/mol. The molecule has 0 unspecified atom stereocenters. The number of ether oxygens (including phenoxy) is 1. The van der Waals surface area contributed by atoms with Crippen LogP contribution in [0.3, 0.4) is 0 Å². The topological polar surface area (TPSA) is 58.6 Å². The van der Waals surface area contributed by atoms with Crippen LogP contribution in [0.25, 0.3) is 0 Å². The second kappa shape index (κ2) is 8.47. The number of hydrogen-bond donors (Lipinski definition) is 1. The molecule has 0 heterocycles. The molecule has 0 spiro atoms. The van der Waals surface area contributed by atoms with Crippen LogP contribution in [0.15, 0.2) is 24.3 Å². The van der Waals surface area contributed by atoms with E-state index < -0.39 is 0 Å². The first-order valence-corrected chi connectivity index (χ1v) is 7.40. The van der Waals surface area contributed by atoms with Gasteiger partial charge in [0, 0.05) is 31.2 Å². The highest BCUT2D eigenvalue weighted by Crippen LogP contribution is 2.16. The zero-order valence-electron chi connectivity index (χ0n) is 12.0. The van der Waals surface area contributed by atoms with Gasteiger partial charge in [0.15, 0.2) is 0 Å². The summed E-state index contributed by atoms with van der Waals surface area (Å²) in [5.74, 6) is 0.584. The lowest BCUT2D eigenvalue weighted by molar-refractivity contribution is -0.140. The number of amides is 1. The van der Waals surface area contributed by atoms with E-state index in [9.17, 15) is 9.59 Å². The largest absolute Gasteiger partial charge is 0.469 e. The number of carbonyl (C=O) groups excluding carboxylic acids is 2. The SMILES string of the molecule is COC(=O)CCSCC(=O)Nc1ccc(N(C)C)cc1. The summed E-state index contributed by atoms with van der Waals surface area (Å²) >= 11 is 1.41. The maximum Gasteiger partial charge on any atom is 0.306 e. The lowest BCUT2D eigenvalue weighted by Crippen LogP contribution is -2.15. The van der Waals surface area contributed by atoms with Gasteiger partial charge in [0.2, 0.25) is 5.91 Å². The van der Waals surface area contributed by atoms with Gasteiger partial charge in [-0.2, -0.15) is 11.8 Å². The first kappa shape index (κ1) is 16.4. The van der Waals surface area contributed by atoms with Gasteiger partial charge in [0.05, 0.1) is 19.3 Å². The van der Waals surface area contributed by atoms with Crippen molar-refractivity contribution in [1.29, 1.82) is 0 Å². The van der Waals surface area contributed by atoms with Crippen LogP contribution in [0.4, 0.5) is 11.4 Å². The van der Waals surface area contributed by atoms with Gasteiger partial charge < -0.3 is 15.0 Å². The Morgan fingerprint density at radius 1 is 1.25 bits per heavy atom. The Labute approximate surface area is 123 Å². The molecule has 0 saturated heterocycles. The van der Waals surface area contributed by atoms with E-state index in [-0.39, 0.29) is 11.9 Å². The lowest BCUT2D eigenvalue weighted by Gasteiger charge is -2.13. The molecule has 6 heteroatoms. The van der Waals surface area contributed by atoms with Crippen molar-refractivity contribution in [3.8, 4) is 0 Å². The predicted molar refractivity (Wildman–Crippen MR) is 83.4 cm³/mol. The quantitative estimate of drug-likeness (QED) is 0.616. The van der Waals surface area contributed by atoms with Gasteiger partial charge >= 0.3 is 5.97 Å². The number of nitrogens with one attached hydrogen (secondary N) is 1. The van der Waals surface area contributed by atoms with Gasteiger partial charge in [0.1, 0.15) is 0 Å². The fraction of sp³-hybridized carbons (Fsp3) is 0.429. The normalized spacial score (nSPS) is 9.95. The Balaban J connectivity index is 2.30. The first-order chi connectivity index (χ1) is 9.52. The van der Waals surface area contributed by atoms with E-state index in [1.54, 1.807) is 0 Å². The molecule has 20 heavy (non-hydrogen) atoms. The smallest absolute Gasteiger partial charge is 0.306 e. The third-order valence-corrected chi connectivity index (χ3v) is 3.54. The number of methoxy groups -OCH3 is 1. The summed E-state index contributed by atoms with van der Waals surface area (Å²) in [5.41, 5.74) is 1.85. The summed E-state index contributed by atoms with van der Waals surface area (Å²) in [7, 11) is 5.29. The number of esters is 1. The van der Waals surface area contributed by atoms with Crippen LogP contribution in [0.5, 0.6) is 0 Å². The van der Waals surface area contributed by atoms with E-state index in [0.29, 0.717) is 17.9 Å². The molecule has 1 amide bonds. The van der Waals surface area contributed by atoms with Crippen LogP contribution in [0.2, 0.25) is 0 Å². The maximum absolute atomic E-state index is 11.7. The Hall–Kier alpha value is -1.69. The molecule has 0 aliphatic rings. The maximum atomic E-state index is 11.7. The average Bonchev–Trinajstić information content (AvgIpc) is 2.43. The molecule has 0 fully saturated rings. The van der Waals surface area contributed by atoms with Crippen LogP contribution < -0.4 is 10.2 Å². The number of anilines is 2. The van der Waals surface area contributed by atoms with Crippen molar-refractivity contribution in [2.45, 2.75) is 6.42 Å². The fourth-order valence-corrected chi connectivity index (χ4v) is 2.18. The zero-order valence-corrected chi connectivity index (χ0v) is 12.8. The van der Waals surface area contributed by atoms with E-state index >= 15 is 0 Å². The Kier molecular flexibility index (Phi) is 6.93. The van der Waals surface area contributed by atoms with Crippen LogP contribution in [0.1, 0.15) is 6.42 Å². The minimum atomic E-state index is -0.253. The summed E-state index contributed by atoms with van der Waals surface area (Å²) in [6.07, 6.45) is 0.325. The number of hydrogen-bond acceptors (Lipinski definition) is 5. The molecule has 0 aromatic heterocycles. The molecule has 0 saturated carbocycles. The number of carbonyl (C=O) groups is 2. The molecule has 0 radical (unpaired) electrons. The van der Waals surface area contributed by atoms with Crippen molar-refractivity contribution in [2.24, 2.45) is 0 Å². The van der Waals surface area contributed by atoms with Crippen molar-refractivity contribution in [3.63, 3.8) is 0 Å². The molecule has 1 N–H and O–H groups in total. The predicted octanol–water partition coefficient (Wildman–Crippen LogP) is 1.99. The number of nitrogens with zero attached hydrogens (tertiary/aromatic N) is 1. The second-order valence-electron chi connectivity index (χ2n) is 4.37. The van der Waals surface area contributed by atoms with Gasteiger partial charge in [-0.1, -0.05) is 0 Å². The van der Waals surface area contributed by atoms with Gasteiger partial charge in [-0.15, -0.1) is 0 Å². The molecule has 0 bridgehead atoms. The summed E-state index contributed by atoms with van der Waals surface area (Å²) in [6, 6.07) is 7.62. The third-order valence-electron chi connectivity index (χ3n) is 2.58. The molecular weight excluding hydrogens is 276 g/mol. The summed E-state index contributed by atoms with van der Waals surface area (Å²) in [4.78, 5) is 24.6. The van der Waals surface area contributed by atoms with Gasteiger partial charge in [-0.05, 0) is 24.3 Å². The fourth-order valence-electron chi connectivity index (χ4n) is 1.46. The van der Waals surface area contributed by atoms with Gasteiger partial charge in [-0.3, -0.25) is 9.59 Å². The standard InChI is InChI=1S/C14H20N2O3S/c1-16(2)12-6-4-11(5-7-12)15-13(17)10-20-9-8-14(18)19-3/h4-7H,8-10H2,1-3H3,(H,15,17). The van der Waals surface area contributed by atoms with E-state index in [4.69, 9.17) is 0 Å². The minimum Gasteiger partial charge on any atom is -0.469 e. The van der Waals surface area contributed by atoms with Crippen molar-refractivity contribution in [3.05, 3.63) is 24.3 Å². The molecule has 1 rings (SSSR count). The molecule has 0 atom stereocenters. The highest BCUT2D eigenvalue weighted by molar-refractivity contribution is 7.99. The van der Waals surface area contributed by atoms with E-state index in [0.717, 1.165) is 11.4 Å². The van der Waals surface area contributed by atoms with Crippen LogP contribution in [-0.2, 0) is 14.3 Å². The van der Waals surface area contributed by atoms with Crippen molar-refractivity contribution < 1.29 is 14.3 Å². The van der Waals surface area contributed by atoms with Crippen LogP contribution >= 0.6 is 11.8 Å². The molecule has 1 aromatic carbocycles. The van der Waals surface area contributed by atoms with Crippen LogP contribution in [0, 0.1) is 0 Å². The molecule has 0 aliphatic heterocycles. The Morgan fingerprint density at radius 3 is 2.45 bits per heavy atom. The lowest BCUT2D eigenvalue weighted by atomic mass is 10.2.